The van der Waals surface area contributed by atoms with E-state index in [-0.39, 0.29) is 11.8 Å². The summed E-state index contributed by atoms with van der Waals surface area (Å²) in [5.41, 5.74) is 12.1. The Bertz CT molecular complexity index is 487. The number of piperidine rings is 1. The fourth-order valence-electron chi connectivity index (χ4n) is 2.59. The first-order valence-electron chi connectivity index (χ1n) is 6.47. The van der Waals surface area contributed by atoms with Gasteiger partial charge in [-0.25, -0.2) is 0 Å². The third kappa shape index (κ3) is 3.07. The normalized spacial score (nSPS) is 16.6. The molecule has 1 aromatic rings. The van der Waals surface area contributed by atoms with E-state index >= 15 is 0 Å². The van der Waals surface area contributed by atoms with Gasteiger partial charge in [-0.15, -0.1) is 0 Å². The summed E-state index contributed by atoms with van der Waals surface area (Å²) in [6, 6.07) is 1.69. The number of aryl methyl sites for hydroxylation is 1. The van der Waals surface area contributed by atoms with E-state index < -0.39 is 0 Å². The first-order chi connectivity index (χ1) is 8.97. The number of nitrogen functional groups attached to an aromatic ring is 1. The molecule has 0 bridgehead atoms. The molecule has 0 aliphatic carbocycles. The van der Waals surface area contributed by atoms with Crippen molar-refractivity contribution in [3.05, 3.63) is 18.0 Å². The molecule has 19 heavy (non-hydrogen) atoms. The summed E-state index contributed by atoms with van der Waals surface area (Å²) in [7, 11) is 1.81. The van der Waals surface area contributed by atoms with Crippen molar-refractivity contribution in [1.82, 2.24) is 9.47 Å². The number of aromatic nitrogens is 1. The van der Waals surface area contributed by atoms with E-state index in [1.807, 2.05) is 11.9 Å². The maximum atomic E-state index is 12.3. The van der Waals surface area contributed by atoms with E-state index in [0.717, 1.165) is 12.8 Å². The SMILES string of the molecule is Cn1cc(N)cc1C(=O)N1CCC(CC(N)=O)CC1. The molecule has 1 fully saturated rings. The van der Waals surface area contributed by atoms with Gasteiger partial charge in [-0.1, -0.05) is 0 Å². The molecule has 2 heterocycles. The molecule has 0 radical (unpaired) electrons. The highest BCUT2D eigenvalue weighted by atomic mass is 16.2. The number of primary amides is 1. The second-order valence-electron chi connectivity index (χ2n) is 5.18. The molecule has 0 saturated carbocycles. The number of carbonyl (C=O) groups excluding carboxylic acids is 2. The summed E-state index contributed by atoms with van der Waals surface area (Å²) in [5, 5.41) is 0. The highest BCUT2D eigenvalue weighted by Gasteiger charge is 2.25. The molecule has 104 valence electrons. The van der Waals surface area contributed by atoms with Gasteiger partial charge in [-0.2, -0.15) is 0 Å². The third-order valence-corrected chi connectivity index (χ3v) is 3.64. The average molecular weight is 264 g/mol. The van der Waals surface area contributed by atoms with Crippen LogP contribution in [0.4, 0.5) is 5.69 Å². The molecular weight excluding hydrogens is 244 g/mol. The van der Waals surface area contributed by atoms with Crippen LogP contribution in [-0.4, -0.2) is 34.4 Å². The zero-order valence-corrected chi connectivity index (χ0v) is 11.1. The highest BCUT2D eigenvalue weighted by Crippen LogP contribution is 2.22. The molecule has 6 nitrogen and oxygen atoms in total. The van der Waals surface area contributed by atoms with Crippen LogP contribution in [0, 0.1) is 5.92 Å². The molecule has 2 rings (SSSR count). The predicted molar refractivity (Wildman–Crippen MR) is 72.3 cm³/mol. The van der Waals surface area contributed by atoms with E-state index in [0.29, 0.717) is 36.8 Å². The molecular formula is C13H20N4O2. The Balaban J connectivity index is 1.96. The molecule has 1 saturated heterocycles. The lowest BCUT2D eigenvalue weighted by molar-refractivity contribution is -0.119. The van der Waals surface area contributed by atoms with Crippen LogP contribution >= 0.6 is 0 Å². The Kier molecular flexibility index (Phi) is 3.78. The number of anilines is 1. The van der Waals surface area contributed by atoms with E-state index in [1.54, 1.807) is 16.8 Å². The van der Waals surface area contributed by atoms with Gasteiger partial charge >= 0.3 is 0 Å². The van der Waals surface area contributed by atoms with Gasteiger partial charge in [0.1, 0.15) is 5.69 Å². The molecule has 2 amide bonds. The van der Waals surface area contributed by atoms with Gasteiger partial charge in [0.25, 0.3) is 5.91 Å². The Morgan fingerprint density at radius 2 is 2.00 bits per heavy atom. The smallest absolute Gasteiger partial charge is 0.270 e. The Morgan fingerprint density at radius 1 is 1.37 bits per heavy atom. The third-order valence-electron chi connectivity index (χ3n) is 3.64. The summed E-state index contributed by atoms with van der Waals surface area (Å²) in [6.07, 6.45) is 3.80. The lowest BCUT2D eigenvalue weighted by Gasteiger charge is -2.31. The largest absolute Gasteiger partial charge is 0.397 e. The minimum Gasteiger partial charge on any atom is -0.397 e. The zero-order valence-electron chi connectivity index (χ0n) is 11.1. The monoisotopic (exact) mass is 264 g/mol. The van der Waals surface area contributed by atoms with Crippen LogP contribution in [0.5, 0.6) is 0 Å². The number of hydrogen-bond acceptors (Lipinski definition) is 3. The fourth-order valence-corrected chi connectivity index (χ4v) is 2.59. The summed E-state index contributed by atoms with van der Waals surface area (Å²) in [5.74, 6) is 0.0386. The van der Waals surface area contributed by atoms with E-state index in [4.69, 9.17) is 11.5 Å². The highest BCUT2D eigenvalue weighted by molar-refractivity contribution is 5.93. The van der Waals surface area contributed by atoms with Crippen LogP contribution < -0.4 is 11.5 Å². The molecule has 1 aliphatic rings. The van der Waals surface area contributed by atoms with Crippen LogP contribution in [0.1, 0.15) is 29.8 Å². The van der Waals surface area contributed by atoms with Gasteiger partial charge in [-0.05, 0) is 24.8 Å². The molecule has 0 unspecified atom stereocenters. The lowest BCUT2D eigenvalue weighted by Crippen LogP contribution is -2.39. The van der Waals surface area contributed by atoms with E-state index in [2.05, 4.69) is 0 Å². The second-order valence-corrected chi connectivity index (χ2v) is 5.18. The van der Waals surface area contributed by atoms with Crippen molar-refractivity contribution in [1.29, 1.82) is 0 Å². The van der Waals surface area contributed by atoms with Crippen LogP contribution in [0.25, 0.3) is 0 Å². The van der Waals surface area contributed by atoms with Gasteiger partial charge < -0.3 is 20.9 Å². The number of likely N-dealkylation sites (tertiary alicyclic amines) is 1. The Hall–Kier alpha value is -1.98. The number of carbonyl (C=O) groups is 2. The van der Waals surface area contributed by atoms with Gasteiger partial charge in [0.05, 0.1) is 5.69 Å². The van der Waals surface area contributed by atoms with Gasteiger partial charge in [0.15, 0.2) is 0 Å². The average Bonchev–Trinajstić information content (AvgIpc) is 2.68. The summed E-state index contributed by atoms with van der Waals surface area (Å²) in [4.78, 5) is 25.0. The lowest BCUT2D eigenvalue weighted by atomic mass is 9.93. The Morgan fingerprint density at radius 3 is 2.47 bits per heavy atom. The minimum atomic E-state index is -0.264. The number of nitrogens with zero attached hydrogens (tertiary/aromatic N) is 2. The van der Waals surface area contributed by atoms with Crippen molar-refractivity contribution >= 4 is 17.5 Å². The molecule has 0 atom stereocenters. The minimum absolute atomic E-state index is 0.00303. The van der Waals surface area contributed by atoms with Crippen molar-refractivity contribution in [3.8, 4) is 0 Å². The van der Waals surface area contributed by atoms with Crippen molar-refractivity contribution in [3.63, 3.8) is 0 Å². The quantitative estimate of drug-likeness (QED) is 0.824. The molecule has 4 N–H and O–H groups in total. The van der Waals surface area contributed by atoms with Gasteiger partial charge in [0.2, 0.25) is 5.91 Å². The van der Waals surface area contributed by atoms with Gasteiger partial charge in [-0.3, -0.25) is 9.59 Å². The fraction of sp³-hybridized carbons (Fsp3) is 0.538. The van der Waals surface area contributed by atoms with Crippen molar-refractivity contribution in [2.45, 2.75) is 19.3 Å². The van der Waals surface area contributed by atoms with Crippen LogP contribution in [0.15, 0.2) is 12.3 Å². The molecule has 0 aromatic carbocycles. The predicted octanol–water partition coefficient (Wildman–Crippen LogP) is 0.335. The zero-order chi connectivity index (χ0) is 14.0. The van der Waals surface area contributed by atoms with E-state index in [9.17, 15) is 9.59 Å². The van der Waals surface area contributed by atoms with Crippen molar-refractivity contribution < 1.29 is 9.59 Å². The van der Waals surface area contributed by atoms with Crippen LogP contribution in [0.3, 0.4) is 0 Å². The van der Waals surface area contributed by atoms with Crippen molar-refractivity contribution in [2.75, 3.05) is 18.8 Å². The Labute approximate surface area is 112 Å². The first-order valence-corrected chi connectivity index (χ1v) is 6.47. The topological polar surface area (TPSA) is 94.3 Å². The summed E-state index contributed by atoms with van der Waals surface area (Å²) in [6.45, 7) is 1.34. The molecule has 0 spiro atoms. The number of hydrogen-bond donors (Lipinski definition) is 2. The van der Waals surface area contributed by atoms with Gasteiger partial charge in [0, 0.05) is 32.8 Å². The standard InChI is InChI=1S/C13H20N4O2/c1-16-8-10(14)7-11(16)13(19)17-4-2-9(3-5-17)6-12(15)18/h7-9H,2-6,14H2,1H3,(H2,15,18). The maximum Gasteiger partial charge on any atom is 0.270 e. The molecule has 1 aliphatic heterocycles. The maximum absolute atomic E-state index is 12.3. The van der Waals surface area contributed by atoms with Crippen molar-refractivity contribution in [2.24, 2.45) is 18.7 Å². The van der Waals surface area contributed by atoms with Crippen LogP contribution in [0.2, 0.25) is 0 Å². The second kappa shape index (κ2) is 5.34. The number of rotatable bonds is 3. The molecule has 6 heteroatoms. The number of amides is 2. The first kappa shape index (κ1) is 13.5. The number of nitrogens with two attached hydrogens (primary N) is 2. The van der Waals surface area contributed by atoms with Crippen LogP contribution in [-0.2, 0) is 11.8 Å². The van der Waals surface area contributed by atoms with E-state index in [1.165, 1.54) is 0 Å². The molecule has 1 aromatic heterocycles. The summed E-state index contributed by atoms with van der Waals surface area (Å²) < 4.78 is 1.74. The summed E-state index contributed by atoms with van der Waals surface area (Å²) >= 11 is 0.